The largest absolute Gasteiger partial charge is 0.377 e. The van der Waals surface area contributed by atoms with E-state index in [2.05, 4.69) is 46.9 Å². The monoisotopic (exact) mass is 229 g/mol. The molecule has 1 N–H and O–H groups in total. The molecule has 1 atom stereocenters. The van der Waals surface area contributed by atoms with Crippen molar-refractivity contribution in [1.82, 2.24) is 5.32 Å². The molecule has 0 saturated heterocycles. The van der Waals surface area contributed by atoms with E-state index in [-0.39, 0.29) is 5.54 Å². The first-order chi connectivity index (χ1) is 7.37. The van der Waals surface area contributed by atoms with Crippen LogP contribution in [-0.2, 0) is 4.74 Å². The summed E-state index contributed by atoms with van der Waals surface area (Å²) >= 11 is 0. The minimum absolute atomic E-state index is 0.180. The molecule has 0 spiro atoms. The Morgan fingerprint density at radius 3 is 2.19 bits per heavy atom. The maximum absolute atomic E-state index is 5.94. The van der Waals surface area contributed by atoms with Gasteiger partial charge in [-0.1, -0.05) is 33.6 Å². The predicted octanol–water partition coefficient (Wildman–Crippen LogP) is 3.61. The van der Waals surface area contributed by atoms with Crippen molar-refractivity contribution < 1.29 is 4.74 Å². The first-order valence-electron chi connectivity index (χ1n) is 6.73. The summed E-state index contributed by atoms with van der Waals surface area (Å²) < 4.78 is 5.94. The molecule has 0 fully saturated rings. The predicted molar refractivity (Wildman–Crippen MR) is 71.9 cm³/mol. The van der Waals surface area contributed by atoms with Crippen molar-refractivity contribution >= 4 is 0 Å². The molecule has 0 aliphatic heterocycles. The van der Waals surface area contributed by atoms with Crippen molar-refractivity contribution in [3.63, 3.8) is 0 Å². The van der Waals surface area contributed by atoms with Gasteiger partial charge in [-0.15, -0.1) is 0 Å². The van der Waals surface area contributed by atoms with Gasteiger partial charge in [-0.2, -0.15) is 0 Å². The molecule has 0 amide bonds. The van der Waals surface area contributed by atoms with Gasteiger partial charge in [-0.3, -0.25) is 0 Å². The Morgan fingerprint density at radius 1 is 1.12 bits per heavy atom. The highest BCUT2D eigenvalue weighted by molar-refractivity contribution is 4.75. The Morgan fingerprint density at radius 2 is 1.75 bits per heavy atom. The highest BCUT2D eigenvalue weighted by Gasteiger charge is 2.17. The lowest BCUT2D eigenvalue weighted by atomic mass is 10.0. The Bertz CT molecular complexity index is 161. The van der Waals surface area contributed by atoms with E-state index in [1.165, 1.54) is 19.3 Å². The number of unbranched alkanes of at least 4 members (excludes halogenated alkanes) is 2. The fourth-order valence-electron chi connectivity index (χ4n) is 1.48. The van der Waals surface area contributed by atoms with Gasteiger partial charge in [0.15, 0.2) is 0 Å². The van der Waals surface area contributed by atoms with Crippen LogP contribution in [0.5, 0.6) is 0 Å². The highest BCUT2D eigenvalue weighted by atomic mass is 16.5. The zero-order valence-corrected chi connectivity index (χ0v) is 12.1. The van der Waals surface area contributed by atoms with E-state index in [4.69, 9.17) is 4.74 Å². The maximum Gasteiger partial charge on any atom is 0.0722 e. The minimum atomic E-state index is 0.180. The molecule has 2 heteroatoms. The second-order valence-electron chi connectivity index (χ2n) is 5.99. The second kappa shape index (κ2) is 8.08. The SMILES string of the molecule is CCCCCOC(CNC(C)(C)C)C(C)C. The van der Waals surface area contributed by atoms with Crippen LogP contribution in [0.1, 0.15) is 60.8 Å². The topological polar surface area (TPSA) is 21.3 Å². The van der Waals surface area contributed by atoms with Gasteiger partial charge in [0.05, 0.1) is 6.10 Å². The Labute approximate surface area is 102 Å². The fraction of sp³-hybridized carbons (Fsp3) is 1.00. The van der Waals surface area contributed by atoms with Crippen LogP contribution in [0.15, 0.2) is 0 Å². The summed E-state index contributed by atoms with van der Waals surface area (Å²) in [5.41, 5.74) is 0.180. The van der Waals surface area contributed by atoms with Crippen LogP contribution < -0.4 is 5.32 Å². The van der Waals surface area contributed by atoms with Gasteiger partial charge in [0, 0.05) is 18.7 Å². The normalized spacial score (nSPS) is 14.4. The Balaban J connectivity index is 3.80. The number of nitrogens with one attached hydrogen (secondary N) is 1. The molecular formula is C14H31NO. The van der Waals surface area contributed by atoms with Crippen molar-refractivity contribution in [1.29, 1.82) is 0 Å². The van der Waals surface area contributed by atoms with Gasteiger partial charge in [0.25, 0.3) is 0 Å². The quantitative estimate of drug-likeness (QED) is 0.642. The average Bonchev–Trinajstić information content (AvgIpc) is 2.14. The zero-order valence-electron chi connectivity index (χ0n) is 12.1. The van der Waals surface area contributed by atoms with Gasteiger partial charge >= 0.3 is 0 Å². The second-order valence-corrected chi connectivity index (χ2v) is 5.99. The first-order valence-corrected chi connectivity index (χ1v) is 6.73. The van der Waals surface area contributed by atoms with E-state index in [9.17, 15) is 0 Å². The van der Waals surface area contributed by atoms with Crippen LogP contribution in [0, 0.1) is 5.92 Å². The first kappa shape index (κ1) is 15.9. The lowest BCUT2D eigenvalue weighted by Crippen LogP contribution is -2.43. The lowest BCUT2D eigenvalue weighted by Gasteiger charge is -2.27. The lowest BCUT2D eigenvalue weighted by molar-refractivity contribution is 0.0173. The maximum atomic E-state index is 5.94. The van der Waals surface area contributed by atoms with E-state index < -0.39 is 0 Å². The van der Waals surface area contributed by atoms with Gasteiger partial charge in [0.2, 0.25) is 0 Å². The number of hydrogen-bond donors (Lipinski definition) is 1. The number of hydrogen-bond acceptors (Lipinski definition) is 2. The average molecular weight is 229 g/mol. The fourth-order valence-corrected chi connectivity index (χ4v) is 1.48. The van der Waals surface area contributed by atoms with Gasteiger partial charge in [-0.05, 0) is 33.1 Å². The number of rotatable bonds is 8. The van der Waals surface area contributed by atoms with E-state index in [1.54, 1.807) is 0 Å². The molecular weight excluding hydrogens is 198 g/mol. The molecule has 0 aromatic heterocycles. The molecule has 0 aromatic carbocycles. The highest BCUT2D eigenvalue weighted by Crippen LogP contribution is 2.09. The molecule has 0 aromatic rings. The summed E-state index contributed by atoms with van der Waals surface area (Å²) in [6, 6.07) is 0. The summed E-state index contributed by atoms with van der Waals surface area (Å²) in [7, 11) is 0. The molecule has 0 heterocycles. The molecule has 0 rings (SSSR count). The Hall–Kier alpha value is -0.0800. The van der Waals surface area contributed by atoms with Crippen LogP contribution in [0.3, 0.4) is 0 Å². The summed E-state index contributed by atoms with van der Waals surface area (Å²) in [4.78, 5) is 0. The summed E-state index contributed by atoms with van der Waals surface area (Å²) in [5, 5.41) is 3.52. The van der Waals surface area contributed by atoms with Crippen LogP contribution in [0.4, 0.5) is 0 Å². The molecule has 0 saturated carbocycles. The van der Waals surface area contributed by atoms with Crippen molar-refractivity contribution in [3.05, 3.63) is 0 Å². The molecule has 0 bridgehead atoms. The standard InChI is InChI=1S/C14H31NO/c1-7-8-9-10-16-13(12(2)3)11-15-14(4,5)6/h12-13,15H,7-11H2,1-6H3. The summed E-state index contributed by atoms with van der Waals surface area (Å²) in [6.45, 7) is 15.1. The van der Waals surface area contributed by atoms with Crippen LogP contribution in [0.2, 0.25) is 0 Å². The molecule has 98 valence electrons. The molecule has 16 heavy (non-hydrogen) atoms. The van der Waals surface area contributed by atoms with E-state index in [1.807, 2.05) is 0 Å². The van der Waals surface area contributed by atoms with E-state index in [0.717, 1.165) is 13.2 Å². The smallest absolute Gasteiger partial charge is 0.0722 e. The van der Waals surface area contributed by atoms with Crippen molar-refractivity contribution in [2.45, 2.75) is 72.4 Å². The van der Waals surface area contributed by atoms with Crippen molar-refractivity contribution in [2.75, 3.05) is 13.2 Å². The van der Waals surface area contributed by atoms with E-state index in [0.29, 0.717) is 12.0 Å². The molecule has 1 unspecified atom stereocenters. The summed E-state index contributed by atoms with van der Waals surface area (Å²) in [5.74, 6) is 0.580. The molecule has 0 aliphatic rings. The van der Waals surface area contributed by atoms with Crippen molar-refractivity contribution in [2.24, 2.45) is 5.92 Å². The third-order valence-corrected chi connectivity index (χ3v) is 2.66. The van der Waals surface area contributed by atoms with Crippen LogP contribution >= 0.6 is 0 Å². The number of ether oxygens (including phenoxy) is 1. The zero-order chi connectivity index (χ0) is 12.6. The van der Waals surface area contributed by atoms with Gasteiger partial charge < -0.3 is 10.1 Å². The molecule has 0 radical (unpaired) electrons. The summed E-state index contributed by atoms with van der Waals surface area (Å²) in [6.07, 6.45) is 4.07. The van der Waals surface area contributed by atoms with Crippen LogP contribution in [-0.4, -0.2) is 24.8 Å². The minimum Gasteiger partial charge on any atom is -0.377 e. The van der Waals surface area contributed by atoms with Crippen molar-refractivity contribution in [3.8, 4) is 0 Å². The van der Waals surface area contributed by atoms with Gasteiger partial charge in [-0.25, -0.2) is 0 Å². The molecule has 2 nitrogen and oxygen atoms in total. The third kappa shape index (κ3) is 9.17. The van der Waals surface area contributed by atoms with Crippen LogP contribution in [0.25, 0.3) is 0 Å². The Kier molecular flexibility index (Phi) is 8.04. The van der Waals surface area contributed by atoms with E-state index >= 15 is 0 Å². The molecule has 0 aliphatic carbocycles. The third-order valence-electron chi connectivity index (χ3n) is 2.66. The van der Waals surface area contributed by atoms with Gasteiger partial charge in [0.1, 0.15) is 0 Å².